The predicted molar refractivity (Wildman–Crippen MR) is 98.3 cm³/mol. The van der Waals surface area contributed by atoms with Crippen LogP contribution in [0, 0.1) is 0 Å². The van der Waals surface area contributed by atoms with E-state index in [0.29, 0.717) is 22.2 Å². The molecule has 1 aliphatic carbocycles. The SMILES string of the molecule is COc1cc(OC)c(NC(=O)Cn2nc3c(cc2=O)CCCC3)cc1Cl. The quantitative estimate of drug-likeness (QED) is 0.865. The summed E-state index contributed by atoms with van der Waals surface area (Å²) in [5, 5.41) is 7.39. The zero-order valence-electron chi connectivity index (χ0n) is 14.7. The molecule has 0 unspecified atom stereocenters. The van der Waals surface area contributed by atoms with Gasteiger partial charge in [0.2, 0.25) is 5.91 Å². The van der Waals surface area contributed by atoms with Gasteiger partial charge in [0.05, 0.1) is 30.6 Å². The van der Waals surface area contributed by atoms with Gasteiger partial charge in [-0.25, -0.2) is 4.68 Å². The summed E-state index contributed by atoms with van der Waals surface area (Å²) in [5.41, 5.74) is 2.00. The Bertz CT molecular complexity index is 895. The van der Waals surface area contributed by atoms with Crippen LogP contribution in [0.15, 0.2) is 23.0 Å². The van der Waals surface area contributed by atoms with Crippen LogP contribution in [0.2, 0.25) is 5.02 Å². The van der Waals surface area contributed by atoms with E-state index in [2.05, 4.69) is 10.4 Å². The Morgan fingerprint density at radius 1 is 1.19 bits per heavy atom. The fourth-order valence-electron chi connectivity index (χ4n) is 3.00. The van der Waals surface area contributed by atoms with E-state index in [1.54, 1.807) is 18.2 Å². The van der Waals surface area contributed by atoms with Crippen molar-refractivity contribution in [2.75, 3.05) is 19.5 Å². The molecule has 2 aromatic rings. The fraction of sp³-hybridized carbons (Fsp3) is 0.389. The Balaban J connectivity index is 1.79. The van der Waals surface area contributed by atoms with E-state index >= 15 is 0 Å². The van der Waals surface area contributed by atoms with Crippen LogP contribution >= 0.6 is 11.6 Å². The Morgan fingerprint density at radius 3 is 2.65 bits per heavy atom. The average Bonchev–Trinajstić information content (AvgIpc) is 2.62. The van der Waals surface area contributed by atoms with Crippen molar-refractivity contribution in [2.45, 2.75) is 32.2 Å². The van der Waals surface area contributed by atoms with Gasteiger partial charge in [0.15, 0.2) is 0 Å². The third-order valence-corrected chi connectivity index (χ3v) is 4.61. The molecule has 1 aromatic heterocycles. The number of halogens is 1. The third-order valence-electron chi connectivity index (χ3n) is 4.32. The van der Waals surface area contributed by atoms with Gasteiger partial charge in [-0.15, -0.1) is 0 Å². The molecular formula is C18H20ClN3O4. The van der Waals surface area contributed by atoms with Gasteiger partial charge >= 0.3 is 0 Å². The molecule has 0 spiro atoms. The van der Waals surface area contributed by atoms with Crippen molar-refractivity contribution in [3.8, 4) is 11.5 Å². The molecule has 0 atom stereocenters. The molecule has 7 nitrogen and oxygen atoms in total. The largest absolute Gasteiger partial charge is 0.495 e. The third kappa shape index (κ3) is 3.83. The molecule has 1 aromatic carbocycles. The summed E-state index contributed by atoms with van der Waals surface area (Å²) in [5.74, 6) is 0.453. The Kier molecular flexibility index (Phi) is 5.46. The van der Waals surface area contributed by atoms with E-state index in [4.69, 9.17) is 21.1 Å². The topological polar surface area (TPSA) is 82.4 Å². The van der Waals surface area contributed by atoms with Crippen molar-refractivity contribution in [1.29, 1.82) is 0 Å². The number of hydrogen-bond donors (Lipinski definition) is 1. The number of anilines is 1. The van der Waals surface area contributed by atoms with Crippen molar-refractivity contribution in [1.82, 2.24) is 9.78 Å². The molecule has 1 N–H and O–H groups in total. The number of fused-ring (bicyclic) bond motifs is 1. The first-order valence-corrected chi connectivity index (χ1v) is 8.71. The van der Waals surface area contributed by atoms with Crippen molar-refractivity contribution >= 4 is 23.2 Å². The molecule has 0 saturated carbocycles. The Morgan fingerprint density at radius 2 is 1.92 bits per heavy atom. The molecular weight excluding hydrogens is 358 g/mol. The van der Waals surface area contributed by atoms with Crippen LogP contribution in [-0.2, 0) is 24.2 Å². The first kappa shape index (κ1) is 18.3. The van der Waals surface area contributed by atoms with Crippen molar-refractivity contribution < 1.29 is 14.3 Å². The van der Waals surface area contributed by atoms with Crippen LogP contribution in [0.3, 0.4) is 0 Å². The minimum Gasteiger partial charge on any atom is -0.495 e. The molecule has 0 aliphatic heterocycles. The smallest absolute Gasteiger partial charge is 0.267 e. The minimum absolute atomic E-state index is 0.182. The Hall–Kier alpha value is -2.54. The summed E-state index contributed by atoms with van der Waals surface area (Å²) in [4.78, 5) is 24.6. The first-order chi connectivity index (χ1) is 12.5. The lowest BCUT2D eigenvalue weighted by atomic mass is 9.97. The van der Waals surface area contributed by atoms with Gasteiger partial charge in [0.1, 0.15) is 18.0 Å². The van der Waals surface area contributed by atoms with Crippen LogP contribution in [0.4, 0.5) is 5.69 Å². The highest BCUT2D eigenvalue weighted by Crippen LogP contribution is 2.35. The van der Waals surface area contributed by atoms with Gasteiger partial charge < -0.3 is 14.8 Å². The van der Waals surface area contributed by atoms with Crippen molar-refractivity contribution in [3.63, 3.8) is 0 Å². The molecule has 1 amide bonds. The maximum Gasteiger partial charge on any atom is 0.267 e. The summed E-state index contributed by atoms with van der Waals surface area (Å²) in [6.45, 7) is -0.182. The number of rotatable bonds is 5. The number of amides is 1. The summed E-state index contributed by atoms with van der Waals surface area (Å²) in [6.07, 6.45) is 3.81. The molecule has 8 heteroatoms. The van der Waals surface area contributed by atoms with E-state index in [1.807, 2.05) is 0 Å². The van der Waals surface area contributed by atoms with Gasteiger partial charge in [-0.1, -0.05) is 11.6 Å². The lowest BCUT2D eigenvalue weighted by Crippen LogP contribution is -2.31. The number of hydrogen-bond acceptors (Lipinski definition) is 5. The number of nitrogens with zero attached hydrogens (tertiary/aromatic N) is 2. The molecule has 26 heavy (non-hydrogen) atoms. The number of methoxy groups -OCH3 is 2. The molecule has 0 bridgehead atoms. The number of carbonyl (C=O) groups is 1. The highest BCUT2D eigenvalue weighted by Gasteiger charge is 2.16. The van der Waals surface area contributed by atoms with Crippen LogP contribution in [-0.4, -0.2) is 29.9 Å². The summed E-state index contributed by atoms with van der Waals surface area (Å²) in [6, 6.07) is 4.71. The molecule has 138 valence electrons. The molecule has 1 aliphatic rings. The fourth-order valence-corrected chi connectivity index (χ4v) is 3.24. The zero-order chi connectivity index (χ0) is 18.7. The lowest BCUT2D eigenvalue weighted by molar-refractivity contribution is -0.117. The minimum atomic E-state index is -0.394. The number of aryl methyl sites for hydroxylation is 2. The standard InChI is InChI=1S/C18H20ClN3O4/c1-25-15-9-16(26-2)14(8-12(15)19)20-17(23)10-22-18(24)7-11-5-3-4-6-13(11)21-22/h7-9H,3-6,10H2,1-2H3,(H,20,23). The second-order valence-corrected chi connectivity index (χ2v) is 6.46. The van der Waals surface area contributed by atoms with Gasteiger partial charge in [0.25, 0.3) is 5.56 Å². The summed E-state index contributed by atoms with van der Waals surface area (Å²) < 4.78 is 11.6. The maximum absolute atomic E-state index is 12.4. The van der Waals surface area contributed by atoms with Crippen LogP contribution in [0.25, 0.3) is 0 Å². The number of ether oxygens (including phenoxy) is 2. The monoisotopic (exact) mass is 377 g/mol. The first-order valence-electron chi connectivity index (χ1n) is 8.33. The predicted octanol–water partition coefficient (Wildman–Crippen LogP) is 2.43. The second-order valence-electron chi connectivity index (χ2n) is 6.05. The molecule has 3 rings (SSSR count). The normalized spacial score (nSPS) is 13.0. The molecule has 0 saturated heterocycles. The summed E-state index contributed by atoms with van der Waals surface area (Å²) in [7, 11) is 2.97. The Labute approximate surface area is 155 Å². The number of carbonyl (C=O) groups excluding carboxylic acids is 1. The van der Waals surface area contributed by atoms with Crippen LogP contribution in [0.5, 0.6) is 11.5 Å². The van der Waals surface area contributed by atoms with Crippen LogP contribution in [0.1, 0.15) is 24.1 Å². The summed E-state index contributed by atoms with van der Waals surface area (Å²) >= 11 is 6.11. The van der Waals surface area contributed by atoms with Crippen molar-refractivity contribution in [3.05, 3.63) is 44.8 Å². The van der Waals surface area contributed by atoms with E-state index in [1.165, 1.54) is 18.9 Å². The van der Waals surface area contributed by atoms with E-state index < -0.39 is 5.91 Å². The second kappa shape index (κ2) is 7.78. The van der Waals surface area contributed by atoms with Gasteiger partial charge in [-0.05, 0) is 37.3 Å². The van der Waals surface area contributed by atoms with Crippen LogP contribution < -0.4 is 20.3 Å². The zero-order valence-corrected chi connectivity index (χ0v) is 15.4. The highest BCUT2D eigenvalue weighted by molar-refractivity contribution is 6.32. The van der Waals surface area contributed by atoms with E-state index in [-0.39, 0.29) is 12.1 Å². The average molecular weight is 378 g/mol. The van der Waals surface area contributed by atoms with E-state index in [0.717, 1.165) is 36.9 Å². The maximum atomic E-state index is 12.4. The molecule has 0 fully saturated rings. The van der Waals surface area contributed by atoms with Gasteiger partial charge in [-0.3, -0.25) is 9.59 Å². The van der Waals surface area contributed by atoms with Crippen molar-refractivity contribution in [2.24, 2.45) is 0 Å². The van der Waals surface area contributed by atoms with Gasteiger partial charge in [0, 0.05) is 12.1 Å². The van der Waals surface area contributed by atoms with E-state index in [9.17, 15) is 9.59 Å². The highest BCUT2D eigenvalue weighted by atomic mass is 35.5. The van der Waals surface area contributed by atoms with Gasteiger partial charge in [-0.2, -0.15) is 5.10 Å². The molecule has 1 heterocycles. The number of aromatic nitrogens is 2. The lowest BCUT2D eigenvalue weighted by Gasteiger charge is -2.16. The number of benzene rings is 1. The number of nitrogens with one attached hydrogen (secondary N) is 1. The molecule has 0 radical (unpaired) electrons.